The van der Waals surface area contributed by atoms with Gasteiger partial charge in [-0.25, -0.2) is 0 Å². The molecule has 0 saturated heterocycles. The number of hydrogen-bond donors (Lipinski definition) is 0. The van der Waals surface area contributed by atoms with E-state index in [0.717, 1.165) is 6.42 Å². The molecule has 0 aliphatic heterocycles. The highest BCUT2D eigenvalue weighted by Crippen LogP contribution is 2.12. The first-order chi connectivity index (χ1) is 7.04. The van der Waals surface area contributed by atoms with E-state index in [9.17, 15) is 4.79 Å². The summed E-state index contributed by atoms with van der Waals surface area (Å²) >= 11 is 11.0. The van der Waals surface area contributed by atoms with Crippen molar-refractivity contribution in [3.05, 3.63) is 0 Å². The molecular weight excluding hydrogens is 235 g/mol. The topological polar surface area (TPSA) is 26.3 Å². The van der Waals surface area contributed by atoms with Crippen LogP contribution in [0.1, 0.15) is 52.9 Å². The molecule has 0 bridgehead atoms. The molecule has 0 fully saturated rings. The molecule has 0 N–H and O–H groups in total. The van der Waals surface area contributed by atoms with Crippen LogP contribution in [0.3, 0.4) is 0 Å². The molecule has 0 heterocycles. The Morgan fingerprint density at radius 2 is 1.80 bits per heavy atom. The van der Waals surface area contributed by atoms with Crippen LogP contribution in [0.2, 0.25) is 0 Å². The van der Waals surface area contributed by atoms with E-state index < -0.39 is 0 Å². The molecule has 0 saturated carbocycles. The lowest BCUT2D eigenvalue weighted by Gasteiger charge is -1.98. The normalized spacial score (nSPS) is 9.47. The molecule has 0 unspecified atom stereocenters. The van der Waals surface area contributed by atoms with E-state index in [4.69, 9.17) is 23.2 Å². The third-order valence-electron chi connectivity index (χ3n) is 1.62. The highest BCUT2D eigenvalue weighted by Gasteiger charge is 1.96. The maximum Gasteiger partial charge on any atom is 0.302 e. The van der Waals surface area contributed by atoms with Gasteiger partial charge in [-0.15, -0.1) is 23.2 Å². The molecule has 0 spiro atoms. The third-order valence-corrected chi connectivity index (χ3v) is 2.06. The molecule has 0 aliphatic carbocycles. The van der Waals surface area contributed by atoms with E-state index in [1.54, 1.807) is 6.92 Å². The summed E-state index contributed by atoms with van der Waals surface area (Å²) in [4.78, 5) is 9.67. The van der Waals surface area contributed by atoms with E-state index >= 15 is 0 Å². The maximum absolute atomic E-state index is 9.82. The molecule has 0 radical (unpaired) electrons. The van der Waals surface area contributed by atoms with Crippen molar-refractivity contribution < 1.29 is 9.53 Å². The fourth-order valence-electron chi connectivity index (χ4n) is 0.929. The van der Waals surface area contributed by atoms with Crippen molar-refractivity contribution in [2.75, 3.05) is 6.61 Å². The van der Waals surface area contributed by atoms with Crippen LogP contribution < -0.4 is 0 Å². The molecule has 15 heavy (non-hydrogen) atoms. The highest BCUT2D eigenvalue weighted by molar-refractivity contribution is 6.44. The SMILES string of the molecule is CCCCCCC(Cl)Cl.CCOC(C)=O. The standard InChI is InChI=1S/C7H14Cl2.C4H8O2/c1-2-3-4-5-6-7(8)9;1-3-6-4(2)5/h7H,2-6H2,1H3;3H2,1-2H3. The van der Waals surface area contributed by atoms with Gasteiger partial charge in [0.15, 0.2) is 0 Å². The van der Waals surface area contributed by atoms with Crippen LogP contribution in [0, 0.1) is 0 Å². The van der Waals surface area contributed by atoms with Crippen molar-refractivity contribution in [2.24, 2.45) is 0 Å². The van der Waals surface area contributed by atoms with Gasteiger partial charge in [0.2, 0.25) is 0 Å². The number of rotatable bonds is 6. The predicted octanol–water partition coefficient (Wildman–Crippen LogP) is 4.33. The van der Waals surface area contributed by atoms with Gasteiger partial charge < -0.3 is 4.74 Å². The molecule has 0 aromatic heterocycles. The quantitative estimate of drug-likeness (QED) is 0.402. The lowest BCUT2D eigenvalue weighted by molar-refractivity contribution is -0.140. The smallest absolute Gasteiger partial charge is 0.302 e. The summed E-state index contributed by atoms with van der Waals surface area (Å²) in [5.41, 5.74) is 0. The number of unbranched alkanes of at least 4 members (excludes halogenated alkanes) is 3. The Balaban J connectivity index is 0. The fraction of sp³-hybridized carbons (Fsp3) is 0.909. The zero-order chi connectivity index (χ0) is 12.1. The first-order valence-corrected chi connectivity index (χ1v) is 6.33. The zero-order valence-corrected chi connectivity index (χ0v) is 11.4. The average Bonchev–Trinajstić information content (AvgIpc) is 2.13. The van der Waals surface area contributed by atoms with Crippen LogP contribution in [0.5, 0.6) is 0 Å². The Bertz CT molecular complexity index is 139. The van der Waals surface area contributed by atoms with Gasteiger partial charge in [-0.1, -0.05) is 32.6 Å². The number of ether oxygens (including phenoxy) is 1. The number of hydrogen-bond acceptors (Lipinski definition) is 2. The van der Waals surface area contributed by atoms with Crippen LogP contribution >= 0.6 is 23.2 Å². The first kappa shape index (κ1) is 17.4. The van der Waals surface area contributed by atoms with Crippen LogP contribution in [0.25, 0.3) is 0 Å². The fourth-order valence-corrected chi connectivity index (χ4v) is 1.24. The number of carbonyl (C=O) groups excluding carboxylic acids is 1. The second kappa shape index (κ2) is 14.1. The minimum atomic E-state index is -0.211. The van der Waals surface area contributed by atoms with Gasteiger partial charge in [-0.2, -0.15) is 0 Å². The minimum Gasteiger partial charge on any atom is -0.466 e. The third kappa shape index (κ3) is 24.9. The Hall–Kier alpha value is 0.0500. The summed E-state index contributed by atoms with van der Waals surface area (Å²) < 4.78 is 4.40. The van der Waals surface area contributed by atoms with Gasteiger partial charge in [0.25, 0.3) is 0 Å². The largest absolute Gasteiger partial charge is 0.466 e. The van der Waals surface area contributed by atoms with E-state index in [2.05, 4.69) is 11.7 Å². The second-order valence-corrected chi connectivity index (χ2v) is 4.44. The Morgan fingerprint density at radius 3 is 2.07 bits per heavy atom. The van der Waals surface area contributed by atoms with E-state index in [1.807, 2.05) is 0 Å². The summed E-state index contributed by atoms with van der Waals surface area (Å²) in [5, 5.41) is 0. The summed E-state index contributed by atoms with van der Waals surface area (Å²) in [6.07, 6.45) is 5.97. The molecular formula is C11H22Cl2O2. The summed E-state index contributed by atoms with van der Waals surface area (Å²) in [6, 6.07) is 0. The predicted molar refractivity (Wildman–Crippen MR) is 66.6 cm³/mol. The van der Waals surface area contributed by atoms with Gasteiger partial charge in [-0.3, -0.25) is 4.79 Å². The van der Waals surface area contributed by atoms with Crippen molar-refractivity contribution in [1.29, 1.82) is 0 Å². The Morgan fingerprint density at radius 1 is 1.20 bits per heavy atom. The monoisotopic (exact) mass is 256 g/mol. The van der Waals surface area contributed by atoms with Crippen molar-refractivity contribution in [3.8, 4) is 0 Å². The summed E-state index contributed by atoms with van der Waals surface area (Å²) in [6.45, 7) is 5.85. The Labute approximate surface area is 103 Å². The van der Waals surface area contributed by atoms with Crippen LogP contribution in [0.4, 0.5) is 0 Å². The van der Waals surface area contributed by atoms with Crippen LogP contribution in [0.15, 0.2) is 0 Å². The first-order valence-electron chi connectivity index (χ1n) is 5.46. The molecule has 2 nitrogen and oxygen atoms in total. The average molecular weight is 257 g/mol. The molecule has 0 aromatic carbocycles. The van der Waals surface area contributed by atoms with Crippen molar-refractivity contribution in [3.63, 3.8) is 0 Å². The Kier molecular flexibility index (Phi) is 16.3. The molecule has 0 atom stereocenters. The zero-order valence-electron chi connectivity index (χ0n) is 9.89. The molecule has 4 heteroatoms. The molecule has 92 valence electrons. The lowest BCUT2D eigenvalue weighted by Crippen LogP contribution is -1.95. The van der Waals surface area contributed by atoms with E-state index in [1.165, 1.54) is 32.6 Å². The molecule has 0 amide bonds. The van der Waals surface area contributed by atoms with E-state index in [-0.39, 0.29) is 10.8 Å². The maximum atomic E-state index is 9.82. The van der Waals surface area contributed by atoms with Crippen LogP contribution in [-0.4, -0.2) is 17.4 Å². The molecule has 0 aliphatic rings. The van der Waals surface area contributed by atoms with Gasteiger partial charge in [0.05, 0.1) is 6.61 Å². The summed E-state index contributed by atoms with van der Waals surface area (Å²) in [7, 11) is 0. The molecule has 0 rings (SSSR count). The van der Waals surface area contributed by atoms with Gasteiger partial charge in [-0.05, 0) is 13.3 Å². The minimum absolute atomic E-state index is 0.151. The van der Waals surface area contributed by atoms with Crippen molar-refractivity contribution >= 4 is 29.2 Å². The van der Waals surface area contributed by atoms with Crippen molar-refractivity contribution in [2.45, 2.75) is 57.7 Å². The second-order valence-electron chi connectivity index (χ2n) is 3.17. The number of alkyl halides is 2. The number of carbonyl (C=O) groups is 1. The van der Waals surface area contributed by atoms with Crippen LogP contribution in [-0.2, 0) is 9.53 Å². The highest BCUT2D eigenvalue weighted by atomic mass is 35.5. The summed E-state index contributed by atoms with van der Waals surface area (Å²) in [5.74, 6) is -0.211. The van der Waals surface area contributed by atoms with Gasteiger partial charge >= 0.3 is 5.97 Å². The molecule has 0 aromatic rings. The van der Waals surface area contributed by atoms with E-state index in [0.29, 0.717) is 6.61 Å². The number of esters is 1. The number of halogens is 2. The van der Waals surface area contributed by atoms with Gasteiger partial charge in [0, 0.05) is 6.92 Å². The van der Waals surface area contributed by atoms with Gasteiger partial charge in [0.1, 0.15) is 4.84 Å². The van der Waals surface area contributed by atoms with Crippen molar-refractivity contribution in [1.82, 2.24) is 0 Å². The lowest BCUT2D eigenvalue weighted by atomic mass is 10.2.